The molecule has 1 atom stereocenters. The summed E-state index contributed by atoms with van der Waals surface area (Å²) in [5, 5.41) is 0.473. The number of pyridine rings is 1. The Bertz CT molecular complexity index is 934. The molecule has 0 N–H and O–H groups in total. The Hall–Kier alpha value is -2.20. The van der Waals surface area contributed by atoms with Gasteiger partial charge < -0.3 is 0 Å². The molecule has 1 aromatic heterocycles. The van der Waals surface area contributed by atoms with Crippen molar-refractivity contribution >= 4 is 20.7 Å². The minimum atomic E-state index is -3.16. The van der Waals surface area contributed by atoms with E-state index in [2.05, 4.69) is 4.98 Å². The van der Waals surface area contributed by atoms with E-state index in [1.807, 2.05) is 61.5 Å². The van der Waals surface area contributed by atoms with Crippen molar-refractivity contribution in [3.63, 3.8) is 0 Å². The summed E-state index contributed by atoms with van der Waals surface area (Å²) < 4.78 is 24.3. The average Bonchev–Trinajstić information content (AvgIpc) is 2.54. The minimum Gasteiger partial charge on any atom is -0.256 e. The molecule has 0 aliphatic heterocycles. The van der Waals surface area contributed by atoms with Gasteiger partial charge in [0.15, 0.2) is 9.84 Å². The molecule has 0 fully saturated rings. The van der Waals surface area contributed by atoms with E-state index in [1.165, 1.54) is 6.26 Å². The van der Waals surface area contributed by atoms with Crippen molar-refractivity contribution in [2.75, 3.05) is 6.26 Å². The average molecular weight is 325 g/mol. The van der Waals surface area contributed by atoms with Crippen molar-refractivity contribution in [1.29, 1.82) is 0 Å². The van der Waals surface area contributed by atoms with Gasteiger partial charge in [0.2, 0.25) is 0 Å². The predicted octanol–water partition coefficient (Wildman–Crippen LogP) is 4.40. The van der Waals surface area contributed by atoms with Gasteiger partial charge in [-0.15, -0.1) is 0 Å². The zero-order valence-electron chi connectivity index (χ0n) is 13.2. The summed E-state index contributed by atoms with van der Waals surface area (Å²) in [5.74, 6) is 0. The highest BCUT2D eigenvalue weighted by atomic mass is 32.2. The number of benzene rings is 2. The molecule has 1 heterocycles. The van der Waals surface area contributed by atoms with Crippen LogP contribution in [0.1, 0.15) is 24.2 Å². The van der Waals surface area contributed by atoms with Crippen molar-refractivity contribution in [2.24, 2.45) is 0 Å². The van der Waals surface area contributed by atoms with Crippen molar-refractivity contribution in [3.05, 3.63) is 66.4 Å². The topological polar surface area (TPSA) is 47.0 Å². The second-order valence-corrected chi connectivity index (χ2v) is 7.96. The molecule has 4 heteroatoms. The van der Waals surface area contributed by atoms with Crippen LogP contribution in [0.15, 0.2) is 60.8 Å². The third-order valence-corrected chi connectivity index (χ3v) is 5.71. The van der Waals surface area contributed by atoms with Crippen LogP contribution in [0.2, 0.25) is 0 Å². The van der Waals surface area contributed by atoms with Crippen molar-refractivity contribution in [1.82, 2.24) is 4.98 Å². The molecule has 3 rings (SSSR count). The van der Waals surface area contributed by atoms with E-state index >= 15 is 0 Å². The molecule has 0 aliphatic carbocycles. The van der Waals surface area contributed by atoms with Crippen LogP contribution in [0.25, 0.3) is 22.0 Å². The van der Waals surface area contributed by atoms with Gasteiger partial charge in [0.25, 0.3) is 0 Å². The fraction of sp³-hybridized carbons (Fsp3) is 0.211. The molecular formula is C19H19NO2S. The van der Waals surface area contributed by atoms with Gasteiger partial charge in [-0.05, 0) is 35.7 Å². The van der Waals surface area contributed by atoms with Crippen LogP contribution >= 0.6 is 0 Å². The third-order valence-electron chi connectivity index (χ3n) is 4.07. The maximum atomic E-state index is 12.1. The molecular weight excluding hydrogens is 306 g/mol. The Kier molecular flexibility index (Phi) is 4.18. The second-order valence-electron chi connectivity index (χ2n) is 5.74. The van der Waals surface area contributed by atoms with E-state index in [4.69, 9.17) is 0 Å². The van der Waals surface area contributed by atoms with Gasteiger partial charge in [-0.3, -0.25) is 4.98 Å². The predicted molar refractivity (Wildman–Crippen MR) is 95.1 cm³/mol. The highest BCUT2D eigenvalue weighted by Gasteiger charge is 2.22. The monoisotopic (exact) mass is 325 g/mol. The Morgan fingerprint density at radius 1 is 1.04 bits per heavy atom. The zero-order valence-corrected chi connectivity index (χ0v) is 14.0. The lowest BCUT2D eigenvalue weighted by Gasteiger charge is -2.16. The molecule has 3 aromatic rings. The van der Waals surface area contributed by atoms with E-state index in [0.717, 1.165) is 27.6 Å². The lowest BCUT2D eigenvalue weighted by Crippen LogP contribution is -2.10. The van der Waals surface area contributed by atoms with Gasteiger partial charge in [-0.1, -0.05) is 43.3 Å². The fourth-order valence-electron chi connectivity index (χ4n) is 3.02. The van der Waals surface area contributed by atoms with E-state index < -0.39 is 15.1 Å². The highest BCUT2D eigenvalue weighted by molar-refractivity contribution is 7.90. The van der Waals surface area contributed by atoms with Crippen LogP contribution in [-0.2, 0) is 9.84 Å². The van der Waals surface area contributed by atoms with Gasteiger partial charge in [-0.2, -0.15) is 0 Å². The molecule has 0 saturated heterocycles. The van der Waals surface area contributed by atoms with Gasteiger partial charge >= 0.3 is 0 Å². The Morgan fingerprint density at radius 2 is 1.78 bits per heavy atom. The van der Waals surface area contributed by atoms with Crippen LogP contribution in [0.3, 0.4) is 0 Å². The Balaban J connectivity index is 2.31. The van der Waals surface area contributed by atoms with Crippen LogP contribution < -0.4 is 0 Å². The number of aromatic nitrogens is 1. The van der Waals surface area contributed by atoms with E-state index in [0.29, 0.717) is 6.42 Å². The molecule has 0 amide bonds. The van der Waals surface area contributed by atoms with Crippen molar-refractivity contribution in [2.45, 2.75) is 18.6 Å². The smallest absolute Gasteiger partial charge is 0.154 e. The van der Waals surface area contributed by atoms with Crippen LogP contribution in [0.4, 0.5) is 0 Å². The quantitative estimate of drug-likeness (QED) is 0.714. The van der Waals surface area contributed by atoms with Crippen LogP contribution in [0.5, 0.6) is 0 Å². The van der Waals surface area contributed by atoms with Gasteiger partial charge in [0.05, 0.1) is 10.8 Å². The first-order valence-electron chi connectivity index (χ1n) is 7.63. The second kappa shape index (κ2) is 6.13. The first-order chi connectivity index (χ1) is 11.0. The molecule has 0 radical (unpaired) electrons. The largest absolute Gasteiger partial charge is 0.256 e. The molecule has 2 aromatic carbocycles. The fourth-order valence-corrected chi connectivity index (χ4v) is 4.26. The number of fused-ring (bicyclic) bond motifs is 1. The molecule has 3 nitrogen and oxygen atoms in total. The molecule has 0 bridgehead atoms. The molecule has 0 saturated carbocycles. The van der Waals surface area contributed by atoms with Crippen LogP contribution in [-0.4, -0.2) is 19.7 Å². The number of nitrogens with zero attached hydrogens (tertiary/aromatic N) is 1. The highest BCUT2D eigenvalue weighted by Crippen LogP contribution is 2.34. The van der Waals surface area contributed by atoms with Crippen LogP contribution in [0, 0.1) is 0 Å². The van der Waals surface area contributed by atoms with Crippen molar-refractivity contribution < 1.29 is 8.42 Å². The third kappa shape index (κ3) is 3.13. The zero-order chi connectivity index (χ0) is 16.4. The number of hydrogen-bond donors (Lipinski definition) is 0. The summed E-state index contributed by atoms with van der Waals surface area (Å²) in [4.78, 5) is 4.50. The first kappa shape index (κ1) is 15.7. The van der Waals surface area contributed by atoms with E-state index in [-0.39, 0.29) is 0 Å². The summed E-state index contributed by atoms with van der Waals surface area (Å²) in [6.45, 7) is 1.90. The molecule has 0 spiro atoms. The van der Waals surface area contributed by atoms with E-state index in [9.17, 15) is 8.42 Å². The normalized spacial score (nSPS) is 13.1. The Morgan fingerprint density at radius 3 is 2.43 bits per heavy atom. The van der Waals surface area contributed by atoms with Crippen molar-refractivity contribution in [3.8, 4) is 11.1 Å². The van der Waals surface area contributed by atoms with Gasteiger partial charge in [0, 0.05) is 23.4 Å². The maximum Gasteiger partial charge on any atom is 0.154 e. The van der Waals surface area contributed by atoms with Gasteiger partial charge in [-0.25, -0.2) is 8.42 Å². The molecule has 23 heavy (non-hydrogen) atoms. The maximum absolute atomic E-state index is 12.1. The molecule has 1 unspecified atom stereocenters. The standard InChI is InChI=1S/C19H19NO2S/c1-3-18(23(2,21)22)16-12-15-10-7-11-20-19(15)17(13-16)14-8-5-4-6-9-14/h4-13,18H,3H2,1-2H3. The van der Waals surface area contributed by atoms with E-state index in [1.54, 1.807) is 6.20 Å². The molecule has 0 aliphatic rings. The minimum absolute atomic E-state index is 0.491. The van der Waals surface area contributed by atoms with Gasteiger partial charge in [0.1, 0.15) is 0 Å². The lowest BCUT2D eigenvalue weighted by atomic mass is 9.97. The lowest BCUT2D eigenvalue weighted by molar-refractivity contribution is 0.585. The SMILES string of the molecule is CCC(c1cc(-c2ccccc2)c2ncccc2c1)S(C)(=O)=O. The summed E-state index contributed by atoms with van der Waals surface area (Å²) in [6.07, 6.45) is 3.62. The number of hydrogen-bond acceptors (Lipinski definition) is 3. The summed E-state index contributed by atoms with van der Waals surface area (Å²) in [7, 11) is -3.16. The number of sulfone groups is 1. The Labute approximate surface area is 136 Å². The first-order valence-corrected chi connectivity index (χ1v) is 9.59. The summed E-state index contributed by atoms with van der Waals surface area (Å²) >= 11 is 0. The summed E-state index contributed by atoms with van der Waals surface area (Å²) in [5.41, 5.74) is 3.74. The number of rotatable bonds is 4. The molecule has 118 valence electrons. The summed E-state index contributed by atoms with van der Waals surface area (Å²) in [6, 6.07) is 17.7.